The minimum Gasteiger partial charge on any atom is -0.243 e. The molecule has 0 aliphatic heterocycles. The van der Waals surface area contributed by atoms with E-state index in [9.17, 15) is 0 Å². The molecule has 0 saturated heterocycles. The summed E-state index contributed by atoms with van der Waals surface area (Å²) < 4.78 is 1.20. The van der Waals surface area contributed by atoms with Gasteiger partial charge in [-0.25, -0.2) is 24.9 Å². The number of aromatic nitrogens is 5. The first-order valence-electron chi connectivity index (χ1n) is 19.6. The van der Waals surface area contributed by atoms with Crippen molar-refractivity contribution in [1.82, 2.24) is 24.9 Å². The lowest BCUT2D eigenvalue weighted by Crippen LogP contribution is -2.00. The number of hydrogen-bond acceptors (Lipinski definition) is 6. The largest absolute Gasteiger partial charge is 0.243 e. The van der Waals surface area contributed by atoms with Gasteiger partial charge >= 0.3 is 0 Å². The van der Waals surface area contributed by atoms with Crippen LogP contribution in [0.2, 0.25) is 0 Å². The summed E-state index contributed by atoms with van der Waals surface area (Å²) in [6.45, 7) is 0. The number of nitrogens with zero attached hydrogens (tertiary/aromatic N) is 5. The van der Waals surface area contributed by atoms with E-state index < -0.39 is 0 Å². The third-order valence-electron chi connectivity index (χ3n) is 10.8. The number of thiophene rings is 1. The van der Waals surface area contributed by atoms with E-state index in [4.69, 9.17) is 24.9 Å². The lowest BCUT2D eigenvalue weighted by atomic mass is 9.96. The molecule has 0 atom stereocenters. The van der Waals surface area contributed by atoms with Crippen molar-refractivity contribution in [2.75, 3.05) is 0 Å². The minimum absolute atomic E-state index is 0.629. The van der Waals surface area contributed by atoms with Crippen molar-refractivity contribution < 1.29 is 0 Å². The smallest absolute Gasteiger partial charge is 0.164 e. The number of benzene rings is 8. The Balaban J connectivity index is 0.910. The third-order valence-corrected chi connectivity index (χ3v) is 11.9. The molecule has 0 radical (unpaired) electrons. The summed E-state index contributed by atoms with van der Waals surface area (Å²) in [5.74, 6) is 1.90. The quantitative estimate of drug-likeness (QED) is 0.161. The molecule has 0 saturated carbocycles. The van der Waals surface area contributed by atoms with Crippen molar-refractivity contribution >= 4 is 42.8 Å². The van der Waals surface area contributed by atoms with E-state index in [0.717, 1.165) is 71.3 Å². The molecule has 11 rings (SSSR count). The van der Waals surface area contributed by atoms with Gasteiger partial charge in [-0.15, -0.1) is 11.3 Å². The second-order valence-corrected chi connectivity index (χ2v) is 15.5. The first-order chi connectivity index (χ1) is 29.2. The topological polar surface area (TPSA) is 64.5 Å². The second kappa shape index (κ2) is 14.7. The van der Waals surface area contributed by atoms with Crippen LogP contribution in [0.1, 0.15) is 0 Å². The Hall–Kier alpha value is -7.67. The highest BCUT2D eigenvalue weighted by Gasteiger charge is 2.16. The van der Waals surface area contributed by atoms with Crippen LogP contribution in [0.4, 0.5) is 0 Å². The maximum atomic E-state index is 5.04. The summed E-state index contributed by atoms with van der Waals surface area (Å²) in [5.41, 5.74) is 14.8. The van der Waals surface area contributed by atoms with Crippen molar-refractivity contribution in [2.45, 2.75) is 0 Å². The average molecular weight is 772 g/mol. The van der Waals surface area contributed by atoms with Gasteiger partial charge < -0.3 is 0 Å². The highest BCUT2D eigenvalue weighted by Crippen LogP contribution is 2.40. The Bertz CT molecular complexity index is 3310. The summed E-state index contributed by atoms with van der Waals surface area (Å²) in [4.78, 5) is 25.9. The molecule has 0 aliphatic carbocycles. The molecule has 0 fully saturated rings. The van der Waals surface area contributed by atoms with E-state index in [-0.39, 0.29) is 0 Å². The van der Waals surface area contributed by atoms with Crippen LogP contribution in [0.15, 0.2) is 200 Å². The molecule has 5 nitrogen and oxygen atoms in total. The molecule has 59 heavy (non-hydrogen) atoms. The summed E-state index contributed by atoms with van der Waals surface area (Å²) in [7, 11) is 0. The van der Waals surface area contributed by atoms with E-state index in [1.165, 1.54) is 21.4 Å². The SMILES string of the molecule is c1ccc(-c2ccc(-c3nc(-c4ccccc4)nc(-c4cccc(-c5ccc(-c6cccc(-c7cccc8c7sc7nc9ccccc9nc78)c6)cc5)c4)n3)cc2)cc1. The zero-order chi connectivity index (χ0) is 39.1. The van der Waals surface area contributed by atoms with Gasteiger partial charge in [-0.3, -0.25) is 0 Å². The molecule has 3 aromatic heterocycles. The summed E-state index contributed by atoms with van der Waals surface area (Å²) in [5, 5.41) is 1.14. The normalized spacial score (nSPS) is 11.4. The maximum Gasteiger partial charge on any atom is 0.164 e. The summed E-state index contributed by atoms with van der Waals surface area (Å²) >= 11 is 1.71. The van der Waals surface area contributed by atoms with Crippen molar-refractivity contribution in [3.63, 3.8) is 0 Å². The summed E-state index contributed by atoms with van der Waals surface area (Å²) in [6, 6.07) is 69.5. The first-order valence-corrected chi connectivity index (χ1v) is 20.4. The summed E-state index contributed by atoms with van der Waals surface area (Å²) in [6.07, 6.45) is 0. The molecule has 3 heterocycles. The van der Waals surface area contributed by atoms with E-state index in [2.05, 4.69) is 140 Å². The van der Waals surface area contributed by atoms with Gasteiger partial charge in [-0.2, -0.15) is 0 Å². The fourth-order valence-corrected chi connectivity index (χ4v) is 8.90. The molecule has 0 aliphatic rings. The minimum atomic E-state index is 0.629. The van der Waals surface area contributed by atoms with E-state index in [1.807, 2.05) is 60.7 Å². The first kappa shape index (κ1) is 34.6. The number of rotatable bonds is 7. The van der Waals surface area contributed by atoms with Crippen LogP contribution in [0.3, 0.4) is 0 Å². The van der Waals surface area contributed by atoms with Crippen molar-refractivity contribution in [2.24, 2.45) is 0 Å². The molecular weight excluding hydrogens is 739 g/mol. The number of hydrogen-bond donors (Lipinski definition) is 0. The number of fused-ring (bicyclic) bond motifs is 4. The highest BCUT2D eigenvalue weighted by atomic mass is 32.1. The van der Waals surface area contributed by atoms with Crippen LogP contribution < -0.4 is 0 Å². The molecule has 276 valence electrons. The Labute approximate surface area is 345 Å². The Kier molecular flexibility index (Phi) is 8.60. The van der Waals surface area contributed by atoms with Crippen LogP contribution in [0.25, 0.3) is 110 Å². The van der Waals surface area contributed by atoms with E-state index >= 15 is 0 Å². The zero-order valence-electron chi connectivity index (χ0n) is 31.7. The van der Waals surface area contributed by atoms with Crippen molar-refractivity contribution in [3.05, 3.63) is 200 Å². The molecule has 6 heteroatoms. The fourth-order valence-electron chi connectivity index (χ4n) is 7.74. The van der Waals surface area contributed by atoms with Crippen LogP contribution in [0.5, 0.6) is 0 Å². The lowest BCUT2D eigenvalue weighted by Gasteiger charge is -2.11. The molecule has 8 aromatic carbocycles. The Morgan fingerprint density at radius 2 is 0.712 bits per heavy atom. The van der Waals surface area contributed by atoms with Crippen LogP contribution >= 0.6 is 11.3 Å². The van der Waals surface area contributed by atoms with Crippen LogP contribution in [-0.4, -0.2) is 24.9 Å². The van der Waals surface area contributed by atoms with Crippen LogP contribution in [-0.2, 0) is 0 Å². The van der Waals surface area contributed by atoms with Crippen molar-refractivity contribution in [3.8, 4) is 78.7 Å². The molecule has 0 bridgehead atoms. The van der Waals surface area contributed by atoms with Gasteiger partial charge in [-0.05, 0) is 68.8 Å². The third kappa shape index (κ3) is 6.61. The Morgan fingerprint density at radius 3 is 1.36 bits per heavy atom. The van der Waals surface area contributed by atoms with Gasteiger partial charge in [0.15, 0.2) is 17.5 Å². The number of para-hydroxylation sites is 2. The van der Waals surface area contributed by atoms with Gasteiger partial charge in [0.25, 0.3) is 0 Å². The van der Waals surface area contributed by atoms with Gasteiger partial charge in [0, 0.05) is 26.8 Å². The zero-order valence-corrected chi connectivity index (χ0v) is 32.5. The Morgan fingerprint density at radius 1 is 0.288 bits per heavy atom. The molecule has 0 unspecified atom stereocenters. The lowest BCUT2D eigenvalue weighted by molar-refractivity contribution is 1.07. The van der Waals surface area contributed by atoms with Crippen LogP contribution in [0, 0.1) is 0 Å². The van der Waals surface area contributed by atoms with Gasteiger partial charge in [0.05, 0.1) is 11.0 Å². The molecule has 0 N–H and O–H groups in total. The van der Waals surface area contributed by atoms with Crippen molar-refractivity contribution in [1.29, 1.82) is 0 Å². The fraction of sp³-hybridized carbons (Fsp3) is 0. The predicted octanol–water partition coefficient (Wildman–Crippen LogP) is 13.9. The molecule has 0 spiro atoms. The molecule has 0 amide bonds. The predicted molar refractivity (Wildman–Crippen MR) is 244 cm³/mol. The standard InChI is InChI=1S/C53H33N5S/c1-3-12-34(13-4-1)35-28-30-39(31-29-35)51-56-50(38-14-5-2-6-15-38)57-52(58-51)43-19-10-17-41(33-43)37-26-24-36(25-27-37)40-16-9-18-42(32-40)44-20-11-21-45-48-53(59-49(44)45)55-47-23-8-7-22-46(47)54-48/h1-33H. The van der Waals surface area contributed by atoms with E-state index in [0.29, 0.717) is 17.5 Å². The van der Waals surface area contributed by atoms with Gasteiger partial charge in [0.1, 0.15) is 10.3 Å². The molecular formula is C53H33N5S. The van der Waals surface area contributed by atoms with Gasteiger partial charge in [-0.1, -0.05) is 176 Å². The maximum absolute atomic E-state index is 5.04. The highest BCUT2D eigenvalue weighted by molar-refractivity contribution is 7.26. The van der Waals surface area contributed by atoms with Gasteiger partial charge in [0.2, 0.25) is 0 Å². The monoisotopic (exact) mass is 771 g/mol. The average Bonchev–Trinajstić information content (AvgIpc) is 3.69. The van der Waals surface area contributed by atoms with E-state index in [1.54, 1.807) is 11.3 Å². The molecule has 11 aromatic rings. The second-order valence-electron chi connectivity index (χ2n) is 14.5.